The molecule has 1 fully saturated rings. The van der Waals surface area contributed by atoms with Gasteiger partial charge in [-0.25, -0.2) is 0 Å². The van der Waals surface area contributed by atoms with Gasteiger partial charge in [-0.3, -0.25) is 19.0 Å². The minimum Gasteiger partial charge on any atom is -0.391 e. The maximum Gasteiger partial charge on any atom is 0.0983 e. The van der Waals surface area contributed by atoms with Crippen molar-refractivity contribution in [2.24, 2.45) is 10.9 Å². The van der Waals surface area contributed by atoms with Crippen LogP contribution in [0.15, 0.2) is 42.0 Å². The van der Waals surface area contributed by atoms with Gasteiger partial charge in [0.05, 0.1) is 55.1 Å². The summed E-state index contributed by atoms with van der Waals surface area (Å²) >= 11 is 0. The van der Waals surface area contributed by atoms with Crippen molar-refractivity contribution in [2.75, 3.05) is 0 Å². The second-order valence-electron chi connectivity index (χ2n) is 8.26. The Labute approximate surface area is 169 Å². The fraction of sp³-hybridized carbons (Fsp3) is 0.524. The lowest BCUT2D eigenvalue weighted by Crippen LogP contribution is -2.22. The zero-order valence-corrected chi connectivity index (χ0v) is 16.9. The Kier molecular flexibility index (Phi) is 4.58. The predicted octanol–water partition coefficient (Wildman–Crippen LogP) is 2.61. The van der Waals surface area contributed by atoms with Crippen LogP contribution in [-0.4, -0.2) is 46.3 Å². The summed E-state index contributed by atoms with van der Waals surface area (Å²) in [5.41, 5.74) is 4.02. The molecule has 0 spiro atoms. The number of aromatic nitrogens is 6. The number of aliphatic hydroxyl groups excluding tert-OH is 1. The Morgan fingerprint density at radius 2 is 2.03 bits per heavy atom. The first kappa shape index (κ1) is 18.3. The molecule has 1 aliphatic carbocycles. The molecule has 5 rings (SSSR count). The van der Waals surface area contributed by atoms with Gasteiger partial charge in [-0.05, 0) is 38.2 Å². The van der Waals surface area contributed by atoms with Crippen molar-refractivity contribution in [1.29, 1.82) is 0 Å². The van der Waals surface area contributed by atoms with Crippen LogP contribution < -0.4 is 0 Å². The molecule has 4 heterocycles. The van der Waals surface area contributed by atoms with Gasteiger partial charge in [0.15, 0.2) is 0 Å². The van der Waals surface area contributed by atoms with Crippen molar-refractivity contribution in [3.05, 3.63) is 53.9 Å². The van der Waals surface area contributed by atoms with Gasteiger partial charge in [0.1, 0.15) is 0 Å². The smallest absolute Gasteiger partial charge is 0.0983 e. The molecule has 0 aromatic carbocycles. The molecule has 2 aliphatic rings. The monoisotopic (exact) mass is 393 g/mol. The topological polar surface area (TPSA) is 86.0 Å². The van der Waals surface area contributed by atoms with Gasteiger partial charge < -0.3 is 5.11 Å². The number of fused-ring (bicyclic) bond motifs is 1. The lowest BCUT2D eigenvalue weighted by Gasteiger charge is -2.21. The molecule has 2 unspecified atom stereocenters. The summed E-state index contributed by atoms with van der Waals surface area (Å²) in [4.78, 5) is 5.07. The third kappa shape index (κ3) is 3.53. The summed E-state index contributed by atoms with van der Waals surface area (Å²) < 4.78 is 5.91. The van der Waals surface area contributed by atoms with E-state index in [4.69, 9.17) is 4.99 Å². The SMILES string of the molecule is CCC(C1CC1)n1cc(C2=NC(c3cnn(C[C@H](C)O)c3)Cn3nccc32)cn1. The number of aliphatic imine (C=N–C) groups is 1. The molecule has 1 aliphatic heterocycles. The average molecular weight is 393 g/mol. The first-order chi connectivity index (χ1) is 14.1. The number of aliphatic hydroxyl groups is 1. The van der Waals surface area contributed by atoms with Crippen molar-refractivity contribution in [2.45, 2.75) is 64.4 Å². The molecule has 0 saturated heterocycles. The van der Waals surface area contributed by atoms with Crippen LogP contribution in [-0.2, 0) is 13.1 Å². The molecule has 3 aromatic heterocycles. The van der Waals surface area contributed by atoms with E-state index in [-0.39, 0.29) is 6.04 Å². The Hall–Kier alpha value is -2.74. The highest BCUT2D eigenvalue weighted by Crippen LogP contribution is 2.41. The minimum atomic E-state index is -0.435. The largest absolute Gasteiger partial charge is 0.391 e. The van der Waals surface area contributed by atoms with E-state index >= 15 is 0 Å². The van der Waals surface area contributed by atoms with E-state index in [1.807, 2.05) is 35.5 Å². The normalized spacial score (nSPS) is 20.9. The highest BCUT2D eigenvalue weighted by Gasteiger charge is 2.32. The third-order valence-electron chi connectivity index (χ3n) is 5.88. The molecular formula is C21H27N7O. The molecule has 0 bridgehead atoms. The molecule has 29 heavy (non-hydrogen) atoms. The van der Waals surface area contributed by atoms with Gasteiger partial charge in [-0.2, -0.15) is 15.3 Å². The minimum absolute atomic E-state index is 0.0612. The summed E-state index contributed by atoms with van der Waals surface area (Å²) in [5, 5.41) is 23.2. The van der Waals surface area contributed by atoms with Crippen molar-refractivity contribution in [3.63, 3.8) is 0 Å². The van der Waals surface area contributed by atoms with E-state index in [1.54, 1.807) is 11.6 Å². The third-order valence-corrected chi connectivity index (χ3v) is 5.88. The zero-order valence-electron chi connectivity index (χ0n) is 16.9. The molecule has 1 N–H and O–H groups in total. The van der Waals surface area contributed by atoms with E-state index in [1.165, 1.54) is 12.8 Å². The Balaban J connectivity index is 1.47. The Morgan fingerprint density at radius 1 is 1.17 bits per heavy atom. The van der Waals surface area contributed by atoms with E-state index in [0.717, 1.165) is 34.9 Å². The predicted molar refractivity (Wildman–Crippen MR) is 109 cm³/mol. The van der Waals surface area contributed by atoms with Crippen LogP contribution in [0.2, 0.25) is 0 Å². The van der Waals surface area contributed by atoms with Gasteiger partial charge in [0, 0.05) is 29.7 Å². The van der Waals surface area contributed by atoms with Gasteiger partial charge in [-0.15, -0.1) is 0 Å². The number of rotatable bonds is 7. The van der Waals surface area contributed by atoms with E-state index < -0.39 is 6.10 Å². The van der Waals surface area contributed by atoms with Gasteiger partial charge in [-0.1, -0.05) is 6.92 Å². The molecular weight excluding hydrogens is 366 g/mol. The van der Waals surface area contributed by atoms with Crippen LogP contribution in [0, 0.1) is 5.92 Å². The highest BCUT2D eigenvalue weighted by atomic mass is 16.3. The molecule has 3 aromatic rings. The van der Waals surface area contributed by atoms with Crippen molar-refractivity contribution < 1.29 is 5.11 Å². The molecule has 152 valence electrons. The number of nitrogens with zero attached hydrogens (tertiary/aromatic N) is 7. The average Bonchev–Trinajstić information content (AvgIpc) is 3.11. The van der Waals surface area contributed by atoms with Gasteiger partial charge in [0.2, 0.25) is 0 Å². The van der Waals surface area contributed by atoms with Crippen LogP contribution in [0.5, 0.6) is 0 Å². The van der Waals surface area contributed by atoms with Crippen molar-refractivity contribution in [1.82, 2.24) is 29.3 Å². The van der Waals surface area contributed by atoms with E-state index in [0.29, 0.717) is 19.1 Å². The summed E-state index contributed by atoms with van der Waals surface area (Å²) in [5.74, 6) is 0.763. The molecule has 3 atom stereocenters. The van der Waals surface area contributed by atoms with Crippen LogP contribution >= 0.6 is 0 Å². The molecule has 0 radical (unpaired) electrons. The lowest BCUT2D eigenvalue weighted by atomic mass is 10.1. The summed E-state index contributed by atoms with van der Waals surface area (Å²) in [6.07, 6.45) is 13.0. The van der Waals surface area contributed by atoms with Crippen LogP contribution in [0.3, 0.4) is 0 Å². The maximum absolute atomic E-state index is 9.62. The van der Waals surface area contributed by atoms with Crippen LogP contribution in [0.4, 0.5) is 0 Å². The quantitative estimate of drug-likeness (QED) is 0.669. The first-order valence-corrected chi connectivity index (χ1v) is 10.5. The van der Waals surface area contributed by atoms with E-state index in [2.05, 4.69) is 33.1 Å². The summed E-state index contributed by atoms with van der Waals surface area (Å²) in [6.45, 7) is 5.15. The Bertz CT molecular complexity index is 1020. The fourth-order valence-corrected chi connectivity index (χ4v) is 4.29. The first-order valence-electron chi connectivity index (χ1n) is 10.5. The molecule has 1 saturated carbocycles. The second-order valence-corrected chi connectivity index (χ2v) is 8.26. The van der Waals surface area contributed by atoms with Crippen molar-refractivity contribution >= 4 is 5.71 Å². The van der Waals surface area contributed by atoms with Crippen LogP contribution in [0.25, 0.3) is 0 Å². The molecule has 8 nitrogen and oxygen atoms in total. The lowest BCUT2D eigenvalue weighted by molar-refractivity contribution is 0.168. The summed E-state index contributed by atoms with van der Waals surface area (Å²) in [6, 6.07) is 2.43. The van der Waals surface area contributed by atoms with Crippen molar-refractivity contribution in [3.8, 4) is 0 Å². The second kappa shape index (κ2) is 7.26. The summed E-state index contributed by atoms with van der Waals surface area (Å²) in [7, 11) is 0. The fourth-order valence-electron chi connectivity index (χ4n) is 4.29. The maximum atomic E-state index is 9.62. The highest BCUT2D eigenvalue weighted by molar-refractivity contribution is 6.12. The standard InChI is InChI=1S/C21H27N7O/c1-3-19(15-4-5-15)27-12-17(9-24-27)21-20-6-7-22-28(20)13-18(25-21)16-8-23-26(11-16)10-14(2)29/h6-9,11-12,14-15,18-19,29H,3-5,10,13H2,1-2H3/t14-,18?,19?/m0/s1. The molecule has 8 heteroatoms. The van der Waals surface area contributed by atoms with Gasteiger partial charge in [0.25, 0.3) is 0 Å². The number of hydrogen-bond acceptors (Lipinski definition) is 5. The van der Waals surface area contributed by atoms with E-state index in [9.17, 15) is 5.11 Å². The Morgan fingerprint density at radius 3 is 2.79 bits per heavy atom. The number of hydrogen-bond donors (Lipinski definition) is 1. The van der Waals surface area contributed by atoms with Gasteiger partial charge >= 0.3 is 0 Å². The molecule has 0 amide bonds. The zero-order chi connectivity index (χ0) is 20.0. The van der Waals surface area contributed by atoms with Crippen LogP contribution in [0.1, 0.15) is 62.0 Å².